The van der Waals surface area contributed by atoms with E-state index in [0.717, 1.165) is 18.8 Å². The molecule has 0 N–H and O–H groups in total. The van der Waals surface area contributed by atoms with Gasteiger partial charge in [0.15, 0.2) is 11.6 Å². The van der Waals surface area contributed by atoms with Gasteiger partial charge < -0.3 is 9.64 Å². The topological polar surface area (TPSA) is 29.5 Å². The van der Waals surface area contributed by atoms with Crippen LogP contribution in [0, 0.1) is 11.7 Å². The van der Waals surface area contributed by atoms with E-state index in [1.807, 2.05) is 11.9 Å². The lowest BCUT2D eigenvalue weighted by Gasteiger charge is -2.33. The molecule has 2 rings (SSSR count). The average molecular weight is 293 g/mol. The molecule has 0 spiro atoms. The zero-order valence-corrected chi connectivity index (χ0v) is 12.8. The summed E-state index contributed by atoms with van der Waals surface area (Å²) in [5.41, 5.74) is 0. The number of hydrogen-bond donors (Lipinski definition) is 0. The lowest BCUT2D eigenvalue weighted by atomic mass is 9.86. The number of benzene rings is 1. The lowest BCUT2D eigenvalue weighted by molar-refractivity contribution is -0.133. The summed E-state index contributed by atoms with van der Waals surface area (Å²) in [5, 5.41) is 0. The van der Waals surface area contributed by atoms with E-state index in [1.54, 1.807) is 18.2 Å². The van der Waals surface area contributed by atoms with Crippen molar-refractivity contribution in [3.63, 3.8) is 0 Å². The Labute approximate surface area is 126 Å². The van der Waals surface area contributed by atoms with E-state index in [1.165, 1.54) is 18.9 Å². The molecule has 0 heterocycles. The quantitative estimate of drug-likeness (QED) is 0.829. The number of halogens is 1. The highest BCUT2D eigenvalue weighted by Crippen LogP contribution is 2.26. The van der Waals surface area contributed by atoms with Gasteiger partial charge >= 0.3 is 0 Å². The second-order valence-electron chi connectivity index (χ2n) is 5.95. The Balaban J connectivity index is 1.75. The van der Waals surface area contributed by atoms with Gasteiger partial charge in [0.1, 0.15) is 0 Å². The summed E-state index contributed by atoms with van der Waals surface area (Å²) in [6.07, 6.45) is 4.83. The van der Waals surface area contributed by atoms with Crippen molar-refractivity contribution < 1.29 is 13.9 Å². The van der Waals surface area contributed by atoms with Gasteiger partial charge in [0.05, 0.1) is 13.0 Å². The molecular formula is C17H24FNO2. The minimum atomic E-state index is -0.389. The van der Waals surface area contributed by atoms with E-state index >= 15 is 0 Å². The number of rotatable bonds is 5. The first-order valence-corrected chi connectivity index (χ1v) is 7.71. The van der Waals surface area contributed by atoms with Gasteiger partial charge in [-0.05, 0) is 43.7 Å². The first-order chi connectivity index (χ1) is 10.1. The van der Waals surface area contributed by atoms with E-state index in [-0.39, 0.29) is 30.5 Å². The first kappa shape index (κ1) is 15.8. The van der Waals surface area contributed by atoms with E-state index in [4.69, 9.17) is 4.74 Å². The second kappa shape index (κ2) is 7.43. The average Bonchev–Trinajstić information content (AvgIpc) is 2.49. The lowest BCUT2D eigenvalue weighted by Crippen LogP contribution is -2.39. The summed E-state index contributed by atoms with van der Waals surface area (Å²) >= 11 is 0. The maximum absolute atomic E-state index is 13.4. The van der Waals surface area contributed by atoms with E-state index in [9.17, 15) is 9.18 Å². The van der Waals surface area contributed by atoms with Crippen molar-refractivity contribution in [2.75, 3.05) is 13.7 Å². The molecule has 1 aromatic rings. The fourth-order valence-electron chi connectivity index (χ4n) is 2.82. The van der Waals surface area contributed by atoms with Gasteiger partial charge in [0, 0.05) is 13.1 Å². The Morgan fingerprint density at radius 2 is 1.95 bits per heavy atom. The summed E-state index contributed by atoms with van der Waals surface area (Å²) in [6.45, 7) is 2.48. The number of nitrogens with zero attached hydrogens (tertiary/aromatic N) is 1. The highest BCUT2D eigenvalue weighted by molar-refractivity contribution is 5.76. The Morgan fingerprint density at radius 1 is 1.29 bits per heavy atom. The molecule has 1 fully saturated rings. The van der Waals surface area contributed by atoms with Crippen LogP contribution in [0.15, 0.2) is 24.3 Å². The Hall–Kier alpha value is -1.58. The number of amides is 1. The van der Waals surface area contributed by atoms with E-state index in [2.05, 4.69) is 6.92 Å². The third-order valence-electron chi connectivity index (χ3n) is 4.34. The maximum atomic E-state index is 13.4. The Kier molecular flexibility index (Phi) is 5.59. The standard InChI is InChI=1S/C17H24FNO2/c1-13-7-9-14(10-8-13)19(2)17(20)11-12-21-16-6-4-3-5-15(16)18/h3-6,13-14H,7-12H2,1-2H3. The molecule has 0 radical (unpaired) electrons. The number of para-hydroxylation sites is 1. The van der Waals surface area contributed by atoms with Crippen LogP contribution in [0.5, 0.6) is 5.75 Å². The molecule has 116 valence electrons. The molecular weight excluding hydrogens is 269 g/mol. The first-order valence-electron chi connectivity index (χ1n) is 7.71. The molecule has 0 unspecified atom stereocenters. The molecule has 21 heavy (non-hydrogen) atoms. The molecule has 0 atom stereocenters. The van der Waals surface area contributed by atoms with Gasteiger partial charge in [-0.15, -0.1) is 0 Å². The second-order valence-corrected chi connectivity index (χ2v) is 5.95. The summed E-state index contributed by atoms with van der Waals surface area (Å²) in [7, 11) is 1.87. The van der Waals surface area contributed by atoms with Gasteiger partial charge in [0.2, 0.25) is 5.91 Å². The summed E-state index contributed by atoms with van der Waals surface area (Å²) in [4.78, 5) is 14.0. The summed E-state index contributed by atoms with van der Waals surface area (Å²) in [5.74, 6) is 0.666. The van der Waals surface area contributed by atoms with Crippen molar-refractivity contribution in [2.24, 2.45) is 5.92 Å². The predicted octanol–water partition coefficient (Wildman–Crippen LogP) is 3.63. The van der Waals surface area contributed by atoms with E-state index in [0.29, 0.717) is 6.04 Å². The predicted molar refractivity (Wildman–Crippen MR) is 80.7 cm³/mol. The van der Waals surface area contributed by atoms with Crippen LogP contribution >= 0.6 is 0 Å². The zero-order valence-electron chi connectivity index (χ0n) is 12.8. The largest absolute Gasteiger partial charge is 0.490 e. The number of carbonyl (C=O) groups is 1. The van der Waals surface area contributed by atoms with Crippen LogP contribution in [0.1, 0.15) is 39.0 Å². The summed E-state index contributed by atoms with van der Waals surface area (Å²) < 4.78 is 18.7. The minimum Gasteiger partial charge on any atom is -0.490 e. The fraction of sp³-hybridized carbons (Fsp3) is 0.588. The van der Waals surface area contributed by atoms with Crippen LogP contribution in [-0.2, 0) is 4.79 Å². The van der Waals surface area contributed by atoms with E-state index < -0.39 is 0 Å². The highest BCUT2D eigenvalue weighted by atomic mass is 19.1. The molecule has 1 amide bonds. The molecule has 1 saturated carbocycles. The van der Waals surface area contributed by atoms with Crippen molar-refractivity contribution in [2.45, 2.75) is 45.1 Å². The normalized spacial score (nSPS) is 21.9. The van der Waals surface area contributed by atoms with Crippen LogP contribution < -0.4 is 4.74 Å². The smallest absolute Gasteiger partial charge is 0.225 e. The summed E-state index contributed by atoms with van der Waals surface area (Å²) in [6, 6.07) is 6.61. The van der Waals surface area contributed by atoms with Crippen molar-refractivity contribution >= 4 is 5.91 Å². The van der Waals surface area contributed by atoms with Crippen LogP contribution in [0.2, 0.25) is 0 Å². The monoisotopic (exact) mass is 293 g/mol. The van der Waals surface area contributed by atoms with Gasteiger partial charge in [0.25, 0.3) is 0 Å². The van der Waals surface area contributed by atoms with Crippen LogP contribution in [0.3, 0.4) is 0 Å². The van der Waals surface area contributed by atoms with Gasteiger partial charge in [-0.25, -0.2) is 4.39 Å². The molecule has 0 bridgehead atoms. The van der Waals surface area contributed by atoms with Crippen molar-refractivity contribution in [1.82, 2.24) is 4.90 Å². The third-order valence-corrected chi connectivity index (χ3v) is 4.34. The van der Waals surface area contributed by atoms with Crippen molar-refractivity contribution in [1.29, 1.82) is 0 Å². The zero-order chi connectivity index (χ0) is 15.2. The number of hydrogen-bond acceptors (Lipinski definition) is 2. The Morgan fingerprint density at radius 3 is 2.62 bits per heavy atom. The molecule has 1 aromatic carbocycles. The molecule has 0 saturated heterocycles. The number of carbonyl (C=O) groups excluding carboxylic acids is 1. The molecule has 1 aliphatic rings. The molecule has 0 aromatic heterocycles. The highest BCUT2D eigenvalue weighted by Gasteiger charge is 2.24. The van der Waals surface area contributed by atoms with Crippen LogP contribution in [0.25, 0.3) is 0 Å². The molecule has 1 aliphatic carbocycles. The minimum absolute atomic E-state index is 0.0749. The molecule has 0 aliphatic heterocycles. The third kappa shape index (κ3) is 4.45. The van der Waals surface area contributed by atoms with Gasteiger partial charge in [-0.1, -0.05) is 19.1 Å². The number of ether oxygens (including phenoxy) is 1. The van der Waals surface area contributed by atoms with Gasteiger partial charge in [-0.3, -0.25) is 4.79 Å². The van der Waals surface area contributed by atoms with Crippen LogP contribution in [0.4, 0.5) is 4.39 Å². The van der Waals surface area contributed by atoms with Crippen LogP contribution in [-0.4, -0.2) is 30.5 Å². The molecule has 3 nitrogen and oxygen atoms in total. The van der Waals surface area contributed by atoms with Crippen molar-refractivity contribution in [3.05, 3.63) is 30.1 Å². The van der Waals surface area contributed by atoms with Gasteiger partial charge in [-0.2, -0.15) is 0 Å². The Bertz CT molecular complexity index is 470. The maximum Gasteiger partial charge on any atom is 0.225 e. The molecule has 4 heteroatoms. The fourth-order valence-corrected chi connectivity index (χ4v) is 2.82. The van der Waals surface area contributed by atoms with Crippen molar-refractivity contribution in [3.8, 4) is 5.75 Å². The SMILES string of the molecule is CC1CCC(N(C)C(=O)CCOc2ccccc2F)CC1.